The number of carbonyl (C=O) groups is 2. The molecule has 0 unspecified atom stereocenters. The van der Waals surface area contributed by atoms with Gasteiger partial charge in [0.25, 0.3) is 11.8 Å². The van der Waals surface area contributed by atoms with Crippen LogP contribution >= 0.6 is 11.3 Å². The van der Waals surface area contributed by atoms with Crippen molar-refractivity contribution < 1.29 is 19.1 Å². The van der Waals surface area contributed by atoms with Crippen molar-refractivity contribution in [2.24, 2.45) is 0 Å². The van der Waals surface area contributed by atoms with E-state index >= 15 is 0 Å². The van der Waals surface area contributed by atoms with E-state index in [1.165, 1.54) is 48.1 Å². The van der Waals surface area contributed by atoms with Crippen LogP contribution in [0, 0.1) is 0 Å². The first-order chi connectivity index (χ1) is 12.7. The van der Waals surface area contributed by atoms with Crippen LogP contribution in [0.3, 0.4) is 0 Å². The number of hydrogen-bond acceptors (Lipinski definition) is 5. The molecule has 3 rings (SSSR count). The van der Waals surface area contributed by atoms with Crippen LogP contribution in [0.2, 0.25) is 0 Å². The maximum atomic E-state index is 12.3. The maximum Gasteiger partial charge on any atom is 0.279 e. The van der Waals surface area contributed by atoms with Gasteiger partial charge in [0.2, 0.25) is 0 Å². The molecule has 6 nitrogen and oxygen atoms in total. The molecule has 1 aliphatic carbocycles. The van der Waals surface area contributed by atoms with Gasteiger partial charge in [-0.3, -0.25) is 20.4 Å². The third kappa shape index (κ3) is 4.54. The second kappa shape index (κ2) is 8.71. The first-order valence-electron chi connectivity index (χ1n) is 8.64. The van der Waals surface area contributed by atoms with Crippen molar-refractivity contribution in [2.75, 3.05) is 13.7 Å². The fraction of sp³-hybridized carbons (Fsp3) is 0.368. The van der Waals surface area contributed by atoms with E-state index in [1.54, 1.807) is 18.2 Å². The summed E-state index contributed by atoms with van der Waals surface area (Å²) in [7, 11) is 1.53. The fourth-order valence-electron chi connectivity index (χ4n) is 2.88. The number of nitrogens with one attached hydrogen (secondary N) is 2. The van der Waals surface area contributed by atoms with E-state index in [-0.39, 0.29) is 12.5 Å². The molecule has 2 aromatic rings. The number of ether oxygens (including phenoxy) is 2. The van der Waals surface area contributed by atoms with Gasteiger partial charge in [0.15, 0.2) is 18.1 Å². The van der Waals surface area contributed by atoms with Crippen LogP contribution in [0.1, 0.15) is 39.4 Å². The summed E-state index contributed by atoms with van der Waals surface area (Å²) in [5, 5.41) is 0. The summed E-state index contributed by atoms with van der Waals surface area (Å²) in [6.45, 7) is -0.221. The number of benzene rings is 1. The van der Waals surface area contributed by atoms with Gasteiger partial charge in [-0.05, 0) is 49.4 Å². The van der Waals surface area contributed by atoms with E-state index in [1.807, 2.05) is 12.1 Å². The van der Waals surface area contributed by atoms with E-state index in [4.69, 9.17) is 9.47 Å². The third-order valence-corrected chi connectivity index (χ3v) is 5.45. The van der Waals surface area contributed by atoms with Crippen molar-refractivity contribution in [3.05, 3.63) is 45.6 Å². The predicted octanol–water partition coefficient (Wildman–Crippen LogP) is 2.87. The first-order valence-corrected chi connectivity index (χ1v) is 9.45. The van der Waals surface area contributed by atoms with Gasteiger partial charge < -0.3 is 9.47 Å². The fourth-order valence-corrected chi connectivity index (χ4v) is 4.03. The van der Waals surface area contributed by atoms with Gasteiger partial charge in [-0.15, -0.1) is 11.3 Å². The zero-order valence-electron chi connectivity index (χ0n) is 14.7. The molecule has 0 radical (unpaired) electrons. The van der Waals surface area contributed by atoms with Crippen LogP contribution in [0.25, 0.3) is 0 Å². The van der Waals surface area contributed by atoms with Crippen molar-refractivity contribution >= 4 is 23.2 Å². The second-order valence-corrected chi connectivity index (χ2v) is 7.20. The first kappa shape index (κ1) is 18.3. The number of carbonyl (C=O) groups excluding carboxylic acids is 2. The average Bonchev–Trinajstić information content (AvgIpc) is 2.95. The molecule has 0 aliphatic heterocycles. The molecule has 2 N–H and O–H groups in total. The van der Waals surface area contributed by atoms with Gasteiger partial charge >= 0.3 is 0 Å². The molecule has 1 heterocycles. The molecule has 0 fully saturated rings. The highest BCUT2D eigenvalue weighted by molar-refractivity contribution is 7.14. The Kier molecular flexibility index (Phi) is 6.12. The van der Waals surface area contributed by atoms with Crippen LogP contribution in [0.4, 0.5) is 0 Å². The number of thiophene rings is 1. The third-order valence-electron chi connectivity index (χ3n) is 4.21. The van der Waals surface area contributed by atoms with Crippen molar-refractivity contribution in [3.8, 4) is 11.5 Å². The molecule has 1 aromatic carbocycles. The summed E-state index contributed by atoms with van der Waals surface area (Å²) < 4.78 is 10.6. The minimum Gasteiger partial charge on any atom is -0.493 e. The lowest BCUT2D eigenvalue weighted by Crippen LogP contribution is -2.43. The summed E-state index contributed by atoms with van der Waals surface area (Å²) in [5.74, 6) is 0.277. The van der Waals surface area contributed by atoms with E-state index in [0.717, 1.165) is 12.8 Å². The Bertz CT molecular complexity index is 764. The van der Waals surface area contributed by atoms with Crippen LogP contribution in [-0.2, 0) is 17.6 Å². The Balaban J connectivity index is 1.49. The zero-order valence-corrected chi connectivity index (χ0v) is 15.5. The van der Waals surface area contributed by atoms with Gasteiger partial charge in [-0.1, -0.05) is 18.6 Å². The number of amides is 2. The highest BCUT2D eigenvalue weighted by Crippen LogP contribution is 2.29. The zero-order chi connectivity index (χ0) is 18.4. The summed E-state index contributed by atoms with van der Waals surface area (Å²) in [6.07, 6.45) is 5.64. The Morgan fingerprint density at radius 1 is 1.08 bits per heavy atom. The van der Waals surface area contributed by atoms with E-state index < -0.39 is 5.91 Å². The van der Waals surface area contributed by atoms with Crippen LogP contribution in [-0.4, -0.2) is 25.5 Å². The molecule has 1 aromatic heterocycles. The molecule has 0 bridgehead atoms. The molecule has 0 saturated carbocycles. The molecule has 0 saturated heterocycles. The molecular formula is C19H22N2O4S. The van der Waals surface area contributed by atoms with Crippen molar-refractivity contribution in [3.63, 3.8) is 0 Å². The summed E-state index contributed by atoms with van der Waals surface area (Å²) in [4.78, 5) is 26.1. The average molecular weight is 374 g/mol. The molecule has 26 heavy (non-hydrogen) atoms. The van der Waals surface area contributed by atoms with Crippen molar-refractivity contribution in [1.82, 2.24) is 10.9 Å². The van der Waals surface area contributed by atoms with E-state index in [2.05, 4.69) is 10.9 Å². The Morgan fingerprint density at radius 3 is 2.65 bits per heavy atom. The minimum atomic E-state index is -0.442. The monoisotopic (exact) mass is 374 g/mol. The molecule has 1 aliphatic rings. The lowest BCUT2D eigenvalue weighted by Gasteiger charge is -2.10. The number of rotatable bonds is 5. The quantitative estimate of drug-likeness (QED) is 0.623. The molecule has 7 heteroatoms. The number of aryl methyl sites for hydroxylation is 2. The van der Waals surface area contributed by atoms with Gasteiger partial charge in [0.05, 0.1) is 12.0 Å². The van der Waals surface area contributed by atoms with Gasteiger partial charge in [0.1, 0.15) is 0 Å². The number of para-hydroxylation sites is 2. The summed E-state index contributed by atoms with van der Waals surface area (Å²) in [6, 6.07) is 9.00. The predicted molar refractivity (Wildman–Crippen MR) is 99.7 cm³/mol. The SMILES string of the molecule is COc1ccccc1OCC(=O)NNC(=O)c1cc2c(s1)CCCCC2. The number of hydrogen-bond donors (Lipinski definition) is 2. The highest BCUT2D eigenvalue weighted by Gasteiger charge is 2.17. The van der Waals surface area contributed by atoms with Crippen molar-refractivity contribution in [2.45, 2.75) is 32.1 Å². The topological polar surface area (TPSA) is 76.7 Å². The summed E-state index contributed by atoms with van der Waals surface area (Å²) >= 11 is 1.51. The Morgan fingerprint density at radius 2 is 1.85 bits per heavy atom. The molecule has 138 valence electrons. The van der Waals surface area contributed by atoms with E-state index in [9.17, 15) is 9.59 Å². The minimum absolute atomic E-state index is 0.221. The smallest absolute Gasteiger partial charge is 0.279 e. The maximum absolute atomic E-state index is 12.3. The highest BCUT2D eigenvalue weighted by atomic mass is 32.1. The van der Waals surface area contributed by atoms with Gasteiger partial charge in [-0.25, -0.2) is 0 Å². The number of methoxy groups -OCH3 is 1. The summed E-state index contributed by atoms with van der Waals surface area (Å²) in [5.41, 5.74) is 6.10. The van der Waals surface area contributed by atoms with E-state index in [0.29, 0.717) is 16.4 Å². The van der Waals surface area contributed by atoms with Crippen LogP contribution in [0.15, 0.2) is 30.3 Å². The standard InChI is InChI=1S/C19H22N2O4S/c1-24-14-8-5-6-9-15(14)25-12-18(22)20-21-19(23)17-11-13-7-3-2-4-10-16(13)26-17/h5-6,8-9,11H,2-4,7,10,12H2,1H3,(H,20,22)(H,21,23). The van der Waals surface area contributed by atoms with Gasteiger partial charge in [0, 0.05) is 4.88 Å². The van der Waals surface area contributed by atoms with Gasteiger partial charge in [-0.2, -0.15) is 0 Å². The lowest BCUT2D eigenvalue weighted by atomic mass is 10.1. The normalized spacial score (nSPS) is 13.3. The molecule has 0 spiro atoms. The second-order valence-electron chi connectivity index (χ2n) is 6.06. The van der Waals surface area contributed by atoms with Crippen LogP contribution < -0.4 is 20.3 Å². The molecule has 2 amide bonds. The number of fused-ring (bicyclic) bond motifs is 1. The van der Waals surface area contributed by atoms with Crippen molar-refractivity contribution in [1.29, 1.82) is 0 Å². The number of hydrazine groups is 1. The lowest BCUT2D eigenvalue weighted by molar-refractivity contribution is -0.123. The largest absolute Gasteiger partial charge is 0.493 e. The molecule has 0 atom stereocenters. The molecular weight excluding hydrogens is 352 g/mol. The van der Waals surface area contributed by atoms with Crippen LogP contribution in [0.5, 0.6) is 11.5 Å². The Hall–Kier alpha value is -2.54. The Labute approximate surface area is 156 Å².